The zero-order chi connectivity index (χ0) is 11.6. The predicted molar refractivity (Wildman–Crippen MR) is 61.0 cm³/mol. The van der Waals surface area contributed by atoms with Crippen molar-refractivity contribution in [3.05, 3.63) is 35.6 Å². The van der Waals surface area contributed by atoms with E-state index in [-0.39, 0.29) is 23.0 Å². The first-order chi connectivity index (χ1) is 7.68. The van der Waals surface area contributed by atoms with Gasteiger partial charge in [-0.05, 0) is 24.5 Å². The van der Waals surface area contributed by atoms with Crippen molar-refractivity contribution in [2.24, 2.45) is 0 Å². The number of alkyl halides is 1. The summed E-state index contributed by atoms with van der Waals surface area (Å²) in [5.41, 5.74) is 0.498. The van der Waals surface area contributed by atoms with Gasteiger partial charge in [0.25, 0.3) is 0 Å². The molecule has 0 heterocycles. The fourth-order valence-electron chi connectivity index (χ4n) is 1.90. The highest BCUT2D eigenvalue weighted by Gasteiger charge is 2.45. The minimum atomic E-state index is -0.204. The fraction of sp³-hybridized carbons (Fsp3) is 0.417. The van der Waals surface area contributed by atoms with Crippen LogP contribution in [0.1, 0.15) is 18.4 Å². The quantitative estimate of drug-likeness (QED) is 0.805. The van der Waals surface area contributed by atoms with Gasteiger partial charge in [-0.3, -0.25) is 4.79 Å². The number of halogens is 2. The van der Waals surface area contributed by atoms with Crippen LogP contribution >= 0.6 is 11.6 Å². The number of carbonyl (C=O) groups excluding carboxylic acids is 1. The van der Waals surface area contributed by atoms with E-state index < -0.39 is 0 Å². The maximum absolute atomic E-state index is 13.6. The molecule has 1 saturated carbocycles. The Morgan fingerprint density at radius 1 is 1.44 bits per heavy atom. The maximum Gasteiger partial charge on any atom is 0.234 e. The smallest absolute Gasteiger partial charge is 0.234 e. The highest BCUT2D eigenvalue weighted by molar-refractivity contribution is 6.27. The zero-order valence-electron chi connectivity index (χ0n) is 8.80. The molecular weight excluding hydrogens is 229 g/mol. The minimum absolute atomic E-state index is 0.0483. The highest BCUT2D eigenvalue weighted by Crippen LogP contribution is 2.48. The van der Waals surface area contributed by atoms with Gasteiger partial charge in [0, 0.05) is 12.0 Å². The molecular formula is C12H13ClFNO. The van der Waals surface area contributed by atoms with Gasteiger partial charge in [0.2, 0.25) is 5.91 Å². The topological polar surface area (TPSA) is 29.1 Å². The van der Waals surface area contributed by atoms with Gasteiger partial charge in [0.05, 0.1) is 0 Å². The second-order valence-corrected chi connectivity index (χ2v) is 4.44. The molecule has 0 bridgehead atoms. The monoisotopic (exact) mass is 241 g/mol. The highest BCUT2D eigenvalue weighted by atomic mass is 35.5. The van der Waals surface area contributed by atoms with Gasteiger partial charge in [0.1, 0.15) is 11.7 Å². The molecule has 1 aromatic rings. The summed E-state index contributed by atoms with van der Waals surface area (Å²) < 4.78 is 13.6. The van der Waals surface area contributed by atoms with Crippen molar-refractivity contribution in [3.8, 4) is 0 Å². The summed E-state index contributed by atoms with van der Waals surface area (Å²) in [4.78, 5) is 11.1. The minimum Gasteiger partial charge on any atom is -0.354 e. The van der Waals surface area contributed by atoms with E-state index in [1.165, 1.54) is 6.07 Å². The third-order valence-electron chi connectivity index (χ3n) is 3.04. The lowest BCUT2D eigenvalue weighted by Gasteiger charge is -2.16. The molecule has 0 aliphatic heterocycles. The number of carbonyl (C=O) groups is 1. The molecule has 0 aromatic heterocycles. The van der Waals surface area contributed by atoms with Crippen molar-refractivity contribution in [3.63, 3.8) is 0 Å². The molecule has 0 spiro atoms. The molecule has 1 aliphatic rings. The van der Waals surface area contributed by atoms with E-state index >= 15 is 0 Å². The van der Waals surface area contributed by atoms with Gasteiger partial charge in [-0.15, -0.1) is 11.6 Å². The summed E-state index contributed by atoms with van der Waals surface area (Å²) in [6.07, 6.45) is 1.83. The molecule has 1 aliphatic carbocycles. The third kappa shape index (κ3) is 2.19. The number of amides is 1. The zero-order valence-corrected chi connectivity index (χ0v) is 9.56. The van der Waals surface area contributed by atoms with Gasteiger partial charge in [0.15, 0.2) is 0 Å². The van der Waals surface area contributed by atoms with Crippen LogP contribution < -0.4 is 5.32 Å². The Bertz CT molecular complexity index is 404. The van der Waals surface area contributed by atoms with Crippen molar-refractivity contribution < 1.29 is 9.18 Å². The lowest BCUT2D eigenvalue weighted by Crippen LogP contribution is -2.33. The van der Waals surface area contributed by atoms with Crippen LogP contribution in [-0.4, -0.2) is 18.3 Å². The molecule has 1 aromatic carbocycles. The van der Waals surface area contributed by atoms with Gasteiger partial charge < -0.3 is 5.32 Å². The fourth-order valence-corrected chi connectivity index (χ4v) is 1.99. The Morgan fingerprint density at radius 3 is 2.69 bits per heavy atom. The summed E-state index contributed by atoms with van der Waals surface area (Å²) in [7, 11) is 0. The van der Waals surface area contributed by atoms with Crippen LogP contribution in [0.4, 0.5) is 4.39 Å². The number of benzene rings is 1. The normalized spacial score (nSPS) is 16.9. The SMILES string of the molecule is O=C(CCl)NCC1(c2ccccc2F)CC1. The average molecular weight is 242 g/mol. The Morgan fingerprint density at radius 2 is 2.12 bits per heavy atom. The largest absolute Gasteiger partial charge is 0.354 e. The standard InChI is InChI=1S/C12H13ClFNO/c13-7-11(16)15-8-12(5-6-12)9-3-1-2-4-10(9)14/h1-4H,5-8H2,(H,15,16). The van der Waals surface area contributed by atoms with E-state index in [9.17, 15) is 9.18 Å². The summed E-state index contributed by atoms with van der Waals surface area (Å²) in [6.45, 7) is 0.472. The molecule has 1 N–H and O–H groups in total. The molecule has 0 saturated heterocycles. The molecule has 0 atom stereocenters. The van der Waals surface area contributed by atoms with E-state index in [4.69, 9.17) is 11.6 Å². The van der Waals surface area contributed by atoms with Crippen LogP contribution in [0.15, 0.2) is 24.3 Å². The maximum atomic E-state index is 13.6. The van der Waals surface area contributed by atoms with Crippen molar-refractivity contribution in [1.29, 1.82) is 0 Å². The van der Waals surface area contributed by atoms with E-state index in [1.54, 1.807) is 12.1 Å². The first-order valence-electron chi connectivity index (χ1n) is 5.26. The molecule has 1 amide bonds. The van der Waals surface area contributed by atoms with E-state index in [0.717, 1.165) is 12.8 Å². The van der Waals surface area contributed by atoms with Crippen LogP contribution in [0.3, 0.4) is 0 Å². The van der Waals surface area contributed by atoms with Crippen LogP contribution in [-0.2, 0) is 10.2 Å². The van der Waals surface area contributed by atoms with Crippen LogP contribution in [0.2, 0.25) is 0 Å². The Kier molecular flexibility index (Phi) is 3.15. The van der Waals surface area contributed by atoms with E-state index in [2.05, 4.69) is 5.32 Å². The molecule has 0 radical (unpaired) electrons. The molecule has 2 rings (SSSR count). The van der Waals surface area contributed by atoms with Gasteiger partial charge in [-0.25, -0.2) is 4.39 Å². The second-order valence-electron chi connectivity index (χ2n) is 4.17. The molecule has 16 heavy (non-hydrogen) atoms. The molecule has 1 fully saturated rings. The molecule has 0 unspecified atom stereocenters. The number of nitrogens with one attached hydrogen (secondary N) is 1. The lowest BCUT2D eigenvalue weighted by molar-refractivity contribution is -0.118. The van der Waals surface area contributed by atoms with Crippen LogP contribution in [0, 0.1) is 5.82 Å². The van der Waals surface area contributed by atoms with Crippen LogP contribution in [0.5, 0.6) is 0 Å². The van der Waals surface area contributed by atoms with Gasteiger partial charge >= 0.3 is 0 Å². The Labute approximate surface area is 98.8 Å². The number of hydrogen-bond donors (Lipinski definition) is 1. The second kappa shape index (κ2) is 4.42. The lowest BCUT2D eigenvalue weighted by atomic mass is 9.95. The molecule has 4 heteroatoms. The average Bonchev–Trinajstić information content (AvgIpc) is 3.07. The van der Waals surface area contributed by atoms with E-state index in [1.807, 2.05) is 6.07 Å². The van der Waals surface area contributed by atoms with Crippen molar-refractivity contribution in [1.82, 2.24) is 5.32 Å². The van der Waals surface area contributed by atoms with Crippen LogP contribution in [0.25, 0.3) is 0 Å². The third-order valence-corrected chi connectivity index (χ3v) is 3.29. The summed E-state index contributed by atoms with van der Waals surface area (Å²) in [5, 5.41) is 2.72. The predicted octanol–water partition coefficient (Wildman–Crippen LogP) is 2.21. The Hall–Kier alpha value is -1.09. The summed E-state index contributed by atoms with van der Waals surface area (Å²) in [5.74, 6) is -0.447. The summed E-state index contributed by atoms with van der Waals surface area (Å²) in [6, 6.07) is 6.74. The molecule has 86 valence electrons. The van der Waals surface area contributed by atoms with E-state index in [0.29, 0.717) is 12.1 Å². The Balaban J connectivity index is 2.09. The first-order valence-corrected chi connectivity index (χ1v) is 5.79. The summed E-state index contributed by atoms with van der Waals surface area (Å²) >= 11 is 5.39. The van der Waals surface area contributed by atoms with Crippen molar-refractivity contribution >= 4 is 17.5 Å². The first kappa shape index (κ1) is 11.4. The van der Waals surface area contributed by atoms with Gasteiger partial charge in [-0.1, -0.05) is 18.2 Å². The van der Waals surface area contributed by atoms with Crippen molar-refractivity contribution in [2.45, 2.75) is 18.3 Å². The number of hydrogen-bond acceptors (Lipinski definition) is 1. The number of rotatable bonds is 4. The van der Waals surface area contributed by atoms with Gasteiger partial charge in [-0.2, -0.15) is 0 Å². The van der Waals surface area contributed by atoms with Crippen molar-refractivity contribution in [2.75, 3.05) is 12.4 Å². The molecule has 2 nitrogen and oxygen atoms in total.